The van der Waals surface area contributed by atoms with Crippen LogP contribution in [-0.2, 0) is 26.0 Å². The summed E-state index contributed by atoms with van der Waals surface area (Å²) in [5, 5.41) is 10.4. The summed E-state index contributed by atoms with van der Waals surface area (Å²) in [6, 6.07) is 14.1. The maximum absolute atomic E-state index is 13.5. The van der Waals surface area contributed by atoms with Gasteiger partial charge in [-0.05, 0) is 47.7 Å². The summed E-state index contributed by atoms with van der Waals surface area (Å²) in [5.74, 6) is 0.131. The highest BCUT2D eigenvalue weighted by molar-refractivity contribution is 7.90. The maximum Gasteiger partial charge on any atom is 0.233 e. The maximum atomic E-state index is 13.5. The topological polar surface area (TPSA) is 110 Å². The molecule has 0 spiro atoms. The van der Waals surface area contributed by atoms with Crippen molar-refractivity contribution >= 4 is 44.8 Å². The Hall–Kier alpha value is -3.17. The predicted octanol–water partition coefficient (Wildman–Crippen LogP) is 5.64. The Morgan fingerprint density at radius 1 is 1.11 bits per heavy atom. The van der Waals surface area contributed by atoms with E-state index >= 15 is 0 Å². The van der Waals surface area contributed by atoms with Crippen molar-refractivity contribution in [3.05, 3.63) is 70.9 Å². The highest BCUT2D eigenvalue weighted by Gasteiger charge is 2.28. The molecule has 8 nitrogen and oxygen atoms in total. The number of rotatable bonds is 10. The zero-order valence-corrected chi connectivity index (χ0v) is 23.2. The van der Waals surface area contributed by atoms with Gasteiger partial charge in [-0.15, -0.1) is 0 Å². The number of sulfone groups is 1. The van der Waals surface area contributed by atoms with Crippen LogP contribution in [0.25, 0.3) is 0 Å². The van der Waals surface area contributed by atoms with E-state index in [0.29, 0.717) is 36.7 Å². The molecule has 1 aliphatic carbocycles. The number of aromatic nitrogens is 2. The predicted molar refractivity (Wildman–Crippen MR) is 149 cm³/mol. The molecule has 1 aromatic heterocycles. The van der Waals surface area contributed by atoms with Crippen molar-refractivity contribution in [2.45, 2.75) is 62.8 Å². The Balaban J connectivity index is 1.49. The van der Waals surface area contributed by atoms with Crippen LogP contribution in [-0.4, -0.2) is 36.3 Å². The molecule has 1 heterocycles. The van der Waals surface area contributed by atoms with Crippen LogP contribution < -0.4 is 10.6 Å². The van der Waals surface area contributed by atoms with E-state index in [1.165, 1.54) is 6.07 Å². The minimum atomic E-state index is -3.47. The van der Waals surface area contributed by atoms with Crippen LogP contribution in [0.5, 0.6) is 0 Å². The molecule has 202 valence electrons. The molecule has 2 amide bonds. The van der Waals surface area contributed by atoms with Gasteiger partial charge in [-0.25, -0.2) is 8.42 Å². The van der Waals surface area contributed by atoms with Crippen molar-refractivity contribution < 1.29 is 18.0 Å². The molecule has 3 aromatic rings. The monoisotopic (exact) mass is 556 g/mol. The average Bonchev–Trinajstić information content (AvgIpc) is 3.54. The van der Waals surface area contributed by atoms with Gasteiger partial charge in [-0.3, -0.25) is 14.3 Å². The summed E-state index contributed by atoms with van der Waals surface area (Å²) in [5.41, 5.74) is 2.38. The van der Waals surface area contributed by atoms with Gasteiger partial charge in [-0.2, -0.15) is 5.10 Å². The summed E-state index contributed by atoms with van der Waals surface area (Å²) in [6.07, 6.45) is 8.43. The Morgan fingerprint density at radius 3 is 2.55 bits per heavy atom. The van der Waals surface area contributed by atoms with Crippen LogP contribution in [0.2, 0.25) is 5.02 Å². The standard InChI is InChI=1S/C28H33ClN4O4S/c1-3-27(34)30-22-10-6-9-20(15-22)18-33-14-13-26(32-33)31-28(35)23(16-19-7-4-5-8-19)21-11-12-25(24(29)17-21)38(2,36)37/h6,9-15,17,19,23H,3-5,7-8,16,18H2,1-2H3,(H,30,34)(H,31,32,35)/t23-/m1/s1. The molecule has 1 aliphatic rings. The molecule has 38 heavy (non-hydrogen) atoms. The fourth-order valence-corrected chi connectivity index (χ4v) is 6.26. The van der Waals surface area contributed by atoms with Crippen molar-refractivity contribution in [2.75, 3.05) is 16.9 Å². The summed E-state index contributed by atoms with van der Waals surface area (Å²) in [7, 11) is -3.47. The molecule has 1 atom stereocenters. The van der Waals surface area contributed by atoms with Crippen LogP contribution in [0.4, 0.5) is 11.5 Å². The third-order valence-electron chi connectivity index (χ3n) is 6.89. The molecular weight excluding hydrogens is 524 g/mol. The third-order valence-corrected chi connectivity index (χ3v) is 8.47. The second-order valence-corrected chi connectivity index (χ2v) is 12.3. The molecule has 10 heteroatoms. The lowest BCUT2D eigenvalue weighted by Gasteiger charge is -2.21. The van der Waals surface area contributed by atoms with E-state index in [-0.39, 0.29) is 21.7 Å². The van der Waals surface area contributed by atoms with Crippen LogP contribution >= 0.6 is 11.6 Å². The highest BCUT2D eigenvalue weighted by Crippen LogP contribution is 2.36. The van der Waals surface area contributed by atoms with Gasteiger partial charge < -0.3 is 10.6 Å². The number of carbonyl (C=O) groups is 2. The summed E-state index contributed by atoms with van der Waals surface area (Å²) in [6.45, 7) is 2.27. The van der Waals surface area contributed by atoms with E-state index in [0.717, 1.165) is 43.2 Å². The van der Waals surface area contributed by atoms with E-state index in [1.54, 1.807) is 36.0 Å². The van der Waals surface area contributed by atoms with Crippen LogP contribution in [0.15, 0.2) is 59.6 Å². The lowest BCUT2D eigenvalue weighted by atomic mass is 9.87. The zero-order chi connectivity index (χ0) is 27.3. The molecule has 1 fully saturated rings. The summed E-state index contributed by atoms with van der Waals surface area (Å²) >= 11 is 6.32. The van der Waals surface area contributed by atoms with Crippen LogP contribution in [0.1, 0.15) is 62.5 Å². The van der Waals surface area contributed by atoms with Gasteiger partial charge in [0.2, 0.25) is 11.8 Å². The van der Waals surface area contributed by atoms with Gasteiger partial charge in [0.25, 0.3) is 0 Å². The van der Waals surface area contributed by atoms with Crippen molar-refractivity contribution in [3.8, 4) is 0 Å². The first-order valence-corrected chi connectivity index (χ1v) is 15.1. The van der Waals surface area contributed by atoms with Gasteiger partial charge in [0.15, 0.2) is 15.7 Å². The Kier molecular flexibility index (Phi) is 8.89. The molecule has 0 bridgehead atoms. The molecule has 2 aromatic carbocycles. The number of anilines is 2. The van der Waals surface area contributed by atoms with E-state index in [2.05, 4.69) is 15.7 Å². The summed E-state index contributed by atoms with van der Waals surface area (Å²) < 4.78 is 25.7. The molecule has 2 N–H and O–H groups in total. The molecular formula is C28H33ClN4O4S. The molecule has 0 aliphatic heterocycles. The van der Waals surface area contributed by atoms with Crippen LogP contribution in [0.3, 0.4) is 0 Å². The SMILES string of the molecule is CCC(=O)Nc1cccc(Cn2ccc(NC(=O)[C@H](CC3CCCC3)c3ccc(S(C)(=O)=O)c(Cl)c3)n2)c1. The van der Waals surface area contributed by atoms with Gasteiger partial charge in [0, 0.05) is 30.6 Å². The van der Waals surface area contributed by atoms with E-state index in [9.17, 15) is 18.0 Å². The highest BCUT2D eigenvalue weighted by atomic mass is 35.5. The molecule has 0 saturated heterocycles. The number of halogens is 1. The minimum Gasteiger partial charge on any atom is -0.326 e. The Bertz CT molecular complexity index is 1410. The summed E-state index contributed by atoms with van der Waals surface area (Å²) in [4.78, 5) is 25.2. The molecule has 1 saturated carbocycles. The first-order valence-electron chi connectivity index (χ1n) is 12.8. The van der Waals surface area contributed by atoms with E-state index in [1.807, 2.05) is 24.3 Å². The molecule has 0 unspecified atom stereocenters. The zero-order valence-electron chi connectivity index (χ0n) is 21.6. The molecule has 0 radical (unpaired) electrons. The van der Waals surface area contributed by atoms with Crippen molar-refractivity contribution in [2.24, 2.45) is 5.92 Å². The minimum absolute atomic E-state index is 0.0503. The van der Waals surface area contributed by atoms with Crippen molar-refractivity contribution in [1.29, 1.82) is 0 Å². The smallest absolute Gasteiger partial charge is 0.233 e. The fourth-order valence-electron chi connectivity index (χ4n) is 4.92. The number of nitrogens with one attached hydrogen (secondary N) is 2. The number of hydrogen-bond donors (Lipinski definition) is 2. The second kappa shape index (κ2) is 12.1. The van der Waals surface area contributed by atoms with Crippen molar-refractivity contribution in [1.82, 2.24) is 9.78 Å². The third kappa shape index (κ3) is 7.23. The number of nitrogens with zero attached hydrogens (tertiary/aromatic N) is 2. The first kappa shape index (κ1) is 27.9. The number of benzene rings is 2. The Labute approximate surface area is 228 Å². The normalized spacial score (nSPS) is 14.8. The number of amides is 2. The lowest BCUT2D eigenvalue weighted by molar-refractivity contribution is -0.118. The van der Waals surface area contributed by atoms with Crippen LogP contribution in [0, 0.1) is 5.92 Å². The van der Waals surface area contributed by atoms with E-state index in [4.69, 9.17) is 11.6 Å². The van der Waals surface area contributed by atoms with Gasteiger partial charge in [0.05, 0.1) is 22.4 Å². The quantitative estimate of drug-likeness (QED) is 0.336. The first-order chi connectivity index (χ1) is 18.1. The fraction of sp³-hybridized carbons (Fsp3) is 0.393. The van der Waals surface area contributed by atoms with Crippen molar-refractivity contribution in [3.63, 3.8) is 0 Å². The van der Waals surface area contributed by atoms with Gasteiger partial charge in [-0.1, -0.05) is 62.4 Å². The largest absolute Gasteiger partial charge is 0.326 e. The average molecular weight is 557 g/mol. The van der Waals surface area contributed by atoms with Gasteiger partial charge in [0.1, 0.15) is 0 Å². The van der Waals surface area contributed by atoms with Gasteiger partial charge >= 0.3 is 0 Å². The number of carbonyl (C=O) groups excluding carboxylic acids is 2. The van der Waals surface area contributed by atoms with E-state index < -0.39 is 15.8 Å². The Morgan fingerprint density at radius 2 is 1.87 bits per heavy atom. The number of hydrogen-bond acceptors (Lipinski definition) is 5. The lowest BCUT2D eigenvalue weighted by Crippen LogP contribution is -2.23. The molecule has 4 rings (SSSR count). The second-order valence-electron chi connectivity index (χ2n) is 9.89.